The molecule has 0 bridgehead atoms. The summed E-state index contributed by atoms with van der Waals surface area (Å²) in [6, 6.07) is 9.97. The summed E-state index contributed by atoms with van der Waals surface area (Å²) < 4.78 is 1.66. The molecule has 2 rings (SSSR count). The van der Waals surface area contributed by atoms with E-state index in [1.54, 1.807) is 4.68 Å². The molecular weight excluding hydrogens is 302 g/mol. The van der Waals surface area contributed by atoms with Crippen molar-refractivity contribution in [3.63, 3.8) is 0 Å². The Kier molecular flexibility index (Phi) is 4.53. The number of hydrogen-bond acceptors (Lipinski definition) is 2. The Labute approximate surface area is 139 Å². The van der Waals surface area contributed by atoms with Crippen molar-refractivity contribution in [2.45, 2.75) is 45.8 Å². The number of para-hydroxylation sites is 1. The second kappa shape index (κ2) is 5.96. The van der Waals surface area contributed by atoms with Crippen LogP contribution in [-0.2, 0) is 12.5 Å². The van der Waals surface area contributed by atoms with Crippen LogP contribution in [0, 0.1) is 0 Å². The fourth-order valence-corrected chi connectivity index (χ4v) is 4.03. The number of rotatable bonds is 3. The molecule has 1 aromatic heterocycles. The highest BCUT2D eigenvalue weighted by Gasteiger charge is 2.24. The largest absolute Gasteiger partial charge is 0.321 e. The van der Waals surface area contributed by atoms with Crippen LogP contribution in [0.2, 0.25) is 19.6 Å². The zero-order chi connectivity index (χ0) is 17.4. The van der Waals surface area contributed by atoms with Gasteiger partial charge in [0.2, 0.25) is 0 Å². The maximum atomic E-state index is 12.7. The van der Waals surface area contributed by atoms with Crippen molar-refractivity contribution in [2.75, 3.05) is 5.32 Å². The number of aromatic nitrogens is 2. The molecule has 0 unspecified atom stereocenters. The molecule has 0 aliphatic carbocycles. The minimum atomic E-state index is -1.52. The van der Waals surface area contributed by atoms with Crippen LogP contribution in [0.25, 0.3) is 0 Å². The molecule has 0 radical (unpaired) electrons. The lowest BCUT2D eigenvalue weighted by Crippen LogP contribution is -2.40. The Balaban J connectivity index is 2.33. The third-order valence-electron chi connectivity index (χ3n) is 3.86. The molecule has 0 saturated carbocycles. The van der Waals surface area contributed by atoms with Gasteiger partial charge in [-0.15, -0.1) is 0 Å². The molecule has 0 saturated heterocycles. The van der Waals surface area contributed by atoms with E-state index in [1.807, 2.05) is 31.3 Å². The van der Waals surface area contributed by atoms with Gasteiger partial charge in [0.15, 0.2) is 0 Å². The first-order valence-electron chi connectivity index (χ1n) is 7.95. The molecule has 124 valence electrons. The normalized spacial score (nSPS) is 12.3. The summed E-state index contributed by atoms with van der Waals surface area (Å²) in [4.78, 5) is 12.7. The summed E-state index contributed by atoms with van der Waals surface area (Å²) in [5.74, 6) is -0.110. The SMILES string of the molecule is Cn1nc(C(C)(C)C)cc1C(=O)Nc1ccccc1[Si](C)(C)C. The Bertz CT molecular complexity index is 721. The van der Waals surface area contributed by atoms with Crippen LogP contribution >= 0.6 is 0 Å². The summed E-state index contributed by atoms with van der Waals surface area (Å²) in [5, 5.41) is 8.81. The van der Waals surface area contributed by atoms with Crippen molar-refractivity contribution in [2.24, 2.45) is 7.05 Å². The second-order valence-electron chi connectivity index (χ2n) is 8.04. The molecule has 0 fully saturated rings. The van der Waals surface area contributed by atoms with E-state index in [1.165, 1.54) is 5.19 Å². The molecule has 1 heterocycles. The fraction of sp³-hybridized carbons (Fsp3) is 0.444. The van der Waals surface area contributed by atoms with Gasteiger partial charge < -0.3 is 5.32 Å². The van der Waals surface area contributed by atoms with Gasteiger partial charge in [-0.25, -0.2) is 0 Å². The van der Waals surface area contributed by atoms with Gasteiger partial charge in [-0.2, -0.15) is 5.10 Å². The molecule has 5 heteroatoms. The minimum absolute atomic E-state index is 0.0769. The zero-order valence-corrected chi connectivity index (χ0v) is 16.2. The zero-order valence-electron chi connectivity index (χ0n) is 15.2. The lowest BCUT2D eigenvalue weighted by Gasteiger charge is -2.21. The standard InChI is InChI=1S/C18H27N3OSi/c1-18(2,3)16-12-14(21(4)20-16)17(22)19-13-10-8-9-11-15(13)23(5,6)7/h8-12H,1-7H3,(H,19,22). The van der Waals surface area contributed by atoms with Crippen LogP contribution in [0.1, 0.15) is 37.0 Å². The van der Waals surface area contributed by atoms with E-state index in [4.69, 9.17) is 0 Å². The van der Waals surface area contributed by atoms with E-state index >= 15 is 0 Å². The van der Waals surface area contributed by atoms with Crippen LogP contribution in [0.5, 0.6) is 0 Å². The average Bonchev–Trinajstić information content (AvgIpc) is 2.80. The lowest BCUT2D eigenvalue weighted by molar-refractivity contribution is 0.101. The van der Waals surface area contributed by atoms with Gasteiger partial charge in [0.25, 0.3) is 5.91 Å². The molecule has 1 N–H and O–H groups in total. The number of aryl methyl sites for hydroxylation is 1. The Morgan fingerprint density at radius 3 is 2.30 bits per heavy atom. The van der Waals surface area contributed by atoms with E-state index < -0.39 is 8.07 Å². The summed E-state index contributed by atoms with van der Waals surface area (Å²) in [6.07, 6.45) is 0. The van der Waals surface area contributed by atoms with E-state index in [0.717, 1.165) is 11.4 Å². The van der Waals surface area contributed by atoms with E-state index in [0.29, 0.717) is 5.69 Å². The van der Waals surface area contributed by atoms with Gasteiger partial charge in [-0.1, -0.05) is 58.6 Å². The van der Waals surface area contributed by atoms with Crippen molar-refractivity contribution in [3.05, 3.63) is 41.7 Å². The first-order chi connectivity index (χ1) is 10.5. The first-order valence-corrected chi connectivity index (χ1v) is 11.5. The molecule has 1 amide bonds. The van der Waals surface area contributed by atoms with Crippen molar-refractivity contribution in [3.8, 4) is 0 Å². The third-order valence-corrected chi connectivity index (χ3v) is 5.92. The molecule has 23 heavy (non-hydrogen) atoms. The van der Waals surface area contributed by atoms with Crippen molar-refractivity contribution < 1.29 is 4.79 Å². The Morgan fingerprint density at radius 1 is 1.17 bits per heavy atom. The molecule has 0 aliphatic rings. The number of hydrogen-bond donors (Lipinski definition) is 1. The molecule has 2 aromatic rings. The van der Waals surface area contributed by atoms with Gasteiger partial charge in [0.1, 0.15) is 5.69 Å². The predicted octanol–water partition coefficient (Wildman–Crippen LogP) is 3.52. The Hall–Kier alpha value is -1.88. The van der Waals surface area contributed by atoms with Crippen LogP contribution in [0.15, 0.2) is 30.3 Å². The quantitative estimate of drug-likeness (QED) is 0.876. The fourth-order valence-electron chi connectivity index (χ4n) is 2.48. The highest BCUT2D eigenvalue weighted by molar-refractivity contribution is 6.89. The number of benzene rings is 1. The van der Waals surface area contributed by atoms with Crippen molar-refractivity contribution in [1.82, 2.24) is 9.78 Å². The van der Waals surface area contributed by atoms with Crippen LogP contribution in [-0.4, -0.2) is 23.8 Å². The summed E-state index contributed by atoms with van der Waals surface area (Å²) in [7, 11) is 0.293. The summed E-state index contributed by atoms with van der Waals surface area (Å²) in [5.41, 5.74) is 2.34. The maximum absolute atomic E-state index is 12.7. The second-order valence-corrected chi connectivity index (χ2v) is 13.1. The first kappa shape index (κ1) is 17.5. The van der Waals surface area contributed by atoms with Gasteiger partial charge in [0.05, 0.1) is 13.8 Å². The summed E-state index contributed by atoms with van der Waals surface area (Å²) in [6.45, 7) is 13.1. The van der Waals surface area contributed by atoms with Gasteiger partial charge in [-0.05, 0) is 17.3 Å². The average molecular weight is 330 g/mol. The molecule has 0 atom stereocenters. The highest BCUT2D eigenvalue weighted by atomic mass is 28.3. The molecular formula is C18H27N3OSi. The van der Waals surface area contributed by atoms with Gasteiger partial charge in [0, 0.05) is 18.2 Å². The van der Waals surface area contributed by atoms with Crippen molar-refractivity contribution >= 4 is 24.9 Å². The number of carbonyl (C=O) groups is 1. The van der Waals surface area contributed by atoms with E-state index in [-0.39, 0.29) is 11.3 Å². The Morgan fingerprint density at radius 2 is 1.78 bits per heavy atom. The molecule has 1 aromatic carbocycles. The van der Waals surface area contributed by atoms with E-state index in [2.05, 4.69) is 56.9 Å². The molecule has 4 nitrogen and oxygen atoms in total. The summed E-state index contributed by atoms with van der Waals surface area (Å²) >= 11 is 0. The number of nitrogens with one attached hydrogen (secondary N) is 1. The van der Waals surface area contributed by atoms with E-state index in [9.17, 15) is 4.79 Å². The lowest BCUT2D eigenvalue weighted by atomic mass is 9.92. The van der Waals surface area contributed by atoms with Crippen LogP contribution < -0.4 is 10.5 Å². The minimum Gasteiger partial charge on any atom is -0.321 e. The highest BCUT2D eigenvalue weighted by Crippen LogP contribution is 2.22. The topological polar surface area (TPSA) is 46.9 Å². The number of amides is 1. The van der Waals surface area contributed by atoms with Gasteiger partial charge >= 0.3 is 0 Å². The third kappa shape index (κ3) is 3.91. The molecule has 0 aliphatic heterocycles. The molecule has 0 spiro atoms. The monoisotopic (exact) mass is 329 g/mol. The van der Waals surface area contributed by atoms with Crippen molar-refractivity contribution in [1.29, 1.82) is 0 Å². The number of nitrogens with zero attached hydrogens (tertiary/aromatic N) is 2. The smallest absolute Gasteiger partial charge is 0.273 e. The maximum Gasteiger partial charge on any atom is 0.273 e. The number of carbonyl (C=O) groups excluding carboxylic acids is 1. The van der Waals surface area contributed by atoms with Crippen LogP contribution in [0.3, 0.4) is 0 Å². The number of anilines is 1. The predicted molar refractivity (Wildman–Crippen MR) is 99.3 cm³/mol. The van der Waals surface area contributed by atoms with Crippen LogP contribution in [0.4, 0.5) is 5.69 Å². The van der Waals surface area contributed by atoms with Gasteiger partial charge in [-0.3, -0.25) is 9.48 Å².